The van der Waals surface area contributed by atoms with Gasteiger partial charge in [-0.1, -0.05) is 30.3 Å². The van der Waals surface area contributed by atoms with Gasteiger partial charge in [0.2, 0.25) is 0 Å². The van der Waals surface area contributed by atoms with Crippen LogP contribution in [-0.4, -0.2) is 17.0 Å². The first-order chi connectivity index (χ1) is 11.9. The first kappa shape index (κ1) is 16.8. The van der Waals surface area contributed by atoms with E-state index >= 15 is 0 Å². The van der Waals surface area contributed by atoms with Gasteiger partial charge in [0.15, 0.2) is 0 Å². The summed E-state index contributed by atoms with van der Waals surface area (Å²) in [4.78, 5) is 10.0. The van der Waals surface area contributed by atoms with Crippen molar-refractivity contribution in [3.05, 3.63) is 72.6 Å². The summed E-state index contributed by atoms with van der Waals surface area (Å²) < 4.78 is 39.3. The zero-order valence-electron chi connectivity index (χ0n) is 13.3. The van der Waals surface area contributed by atoms with Crippen LogP contribution < -0.4 is 10.2 Å². The van der Waals surface area contributed by atoms with E-state index in [1.54, 1.807) is 6.07 Å². The Kier molecular flexibility index (Phi) is 4.56. The first-order valence-electron chi connectivity index (χ1n) is 7.49. The molecule has 128 valence electrons. The zero-order valence-corrected chi connectivity index (χ0v) is 13.3. The number of hydrogen-bond acceptors (Lipinski definition) is 4. The fourth-order valence-electron chi connectivity index (χ4n) is 2.36. The van der Waals surface area contributed by atoms with Gasteiger partial charge < -0.3 is 10.2 Å². The fourth-order valence-corrected chi connectivity index (χ4v) is 2.36. The zero-order chi connectivity index (χ0) is 17.9. The molecule has 3 aromatic rings. The Labute approximate surface area is 143 Å². The van der Waals surface area contributed by atoms with E-state index in [1.165, 1.54) is 24.5 Å². The normalized spacial score (nSPS) is 11.2. The summed E-state index contributed by atoms with van der Waals surface area (Å²) >= 11 is 0. The van der Waals surface area contributed by atoms with Crippen LogP contribution >= 0.6 is 0 Å². The Bertz CT molecular complexity index is 850. The van der Waals surface area contributed by atoms with Crippen LogP contribution in [0.4, 0.5) is 36.2 Å². The lowest BCUT2D eigenvalue weighted by atomic mass is 10.1. The van der Waals surface area contributed by atoms with Gasteiger partial charge in [-0.3, -0.25) is 0 Å². The number of benzene rings is 2. The van der Waals surface area contributed by atoms with Crippen LogP contribution in [0.25, 0.3) is 0 Å². The van der Waals surface area contributed by atoms with E-state index in [2.05, 4.69) is 15.3 Å². The Morgan fingerprint density at radius 1 is 0.920 bits per heavy atom. The number of alkyl halides is 3. The minimum absolute atomic E-state index is 0.0537. The highest BCUT2D eigenvalue weighted by atomic mass is 19.4. The van der Waals surface area contributed by atoms with Crippen molar-refractivity contribution in [2.24, 2.45) is 0 Å². The molecule has 0 aliphatic rings. The van der Waals surface area contributed by atoms with Gasteiger partial charge in [0.1, 0.15) is 18.0 Å². The number of aromatic nitrogens is 2. The molecule has 0 atom stereocenters. The molecule has 0 unspecified atom stereocenters. The van der Waals surface area contributed by atoms with Crippen molar-refractivity contribution >= 4 is 23.0 Å². The molecular formula is C18H15F3N4. The predicted molar refractivity (Wildman–Crippen MR) is 91.3 cm³/mol. The minimum atomic E-state index is -4.44. The van der Waals surface area contributed by atoms with Crippen molar-refractivity contribution in [2.45, 2.75) is 6.18 Å². The molecule has 0 saturated carbocycles. The number of nitrogens with zero attached hydrogens (tertiary/aromatic N) is 3. The summed E-state index contributed by atoms with van der Waals surface area (Å²) in [5.74, 6) is 0.845. The highest BCUT2D eigenvalue weighted by Gasteiger charge is 2.33. The van der Waals surface area contributed by atoms with Gasteiger partial charge in [-0.15, -0.1) is 0 Å². The van der Waals surface area contributed by atoms with E-state index in [0.717, 1.165) is 11.8 Å². The summed E-state index contributed by atoms with van der Waals surface area (Å²) in [6.45, 7) is 0. The Morgan fingerprint density at radius 2 is 1.60 bits per heavy atom. The summed E-state index contributed by atoms with van der Waals surface area (Å²) in [6.07, 6.45) is -3.13. The first-order valence-corrected chi connectivity index (χ1v) is 7.49. The molecule has 1 heterocycles. The molecule has 25 heavy (non-hydrogen) atoms. The second-order valence-electron chi connectivity index (χ2n) is 5.32. The van der Waals surface area contributed by atoms with Crippen LogP contribution in [0.3, 0.4) is 0 Å². The van der Waals surface area contributed by atoms with E-state index < -0.39 is 11.7 Å². The summed E-state index contributed by atoms with van der Waals surface area (Å²) in [5.41, 5.74) is 0.108. The molecule has 0 radical (unpaired) electrons. The fraction of sp³-hybridized carbons (Fsp3) is 0.111. The average molecular weight is 344 g/mol. The molecule has 2 aromatic carbocycles. The molecular weight excluding hydrogens is 329 g/mol. The Hall–Kier alpha value is -3.09. The lowest BCUT2D eigenvalue weighted by Gasteiger charge is -2.19. The molecule has 3 rings (SSSR count). The lowest BCUT2D eigenvalue weighted by Crippen LogP contribution is -2.12. The molecule has 0 aliphatic heterocycles. The van der Waals surface area contributed by atoms with Gasteiger partial charge in [0.05, 0.1) is 11.3 Å². The lowest BCUT2D eigenvalue weighted by molar-refractivity contribution is -0.136. The van der Waals surface area contributed by atoms with Crippen molar-refractivity contribution < 1.29 is 13.2 Å². The van der Waals surface area contributed by atoms with E-state index in [9.17, 15) is 13.2 Å². The van der Waals surface area contributed by atoms with E-state index in [-0.39, 0.29) is 11.5 Å². The third kappa shape index (κ3) is 3.88. The van der Waals surface area contributed by atoms with E-state index in [1.807, 2.05) is 42.3 Å². The smallest absolute Gasteiger partial charge is 0.340 e. The maximum Gasteiger partial charge on any atom is 0.418 e. The highest BCUT2D eigenvalue weighted by molar-refractivity contribution is 5.66. The number of halogens is 3. The largest absolute Gasteiger partial charge is 0.418 e. The number of anilines is 4. The van der Waals surface area contributed by atoms with Gasteiger partial charge in [-0.25, -0.2) is 9.97 Å². The van der Waals surface area contributed by atoms with Gasteiger partial charge in [-0.2, -0.15) is 13.2 Å². The third-order valence-electron chi connectivity index (χ3n) is 3.63. The molecule has 0 saturated heterocycles. The van der Waals surface area contributed by atoms with Gasteiger partial charge in [0, 0.05) is 18.8 Å². The summed E-state index contributed by atoms with van der Waals surface area (Å²) in [7, 11) is 1.82. The minimum Gasteiger partial charge on any atom is -0.340 e. The number of hydrogen-bond donors (Lipinski definition) is 1. The quantitative estimate of drug-likeness (QED) is 0.722. The molecule has 4 nitrogen and oxygen atoms in total. The summed E-state index contributed by atoms with van der Waals surface area (Å²) in [5, 5.41) is 2.73. The SMILES string of the molecule is CN(c1ccccc1)c1cc(Nc2ccccc2C(F)(F)F)ncn1. The van der Waals surface area contributed by atoms with Crippen LogP contribution in [0.1, 0.15) is 5.56 Å². The number of rotatable bonds is 4. The van der Waals surface area contributed by atoms with Crippen LogP contribution in [-0.2, 0) is 6.18 Å². The molecule has 0 spiro atoms. The van der Waals surface area contributed by atoms with Crippen molar-refractivity contribution in [1.29, 1.82) is 0 Å². The molecule has 1 N–H and O–H groups in total. The topological polar surface area (TPSA) is 41.0 Å². The van der Waals surface area contributed by atoms with Crippen LogP contribution in [0.15, 0.2) is 67.0 Å². The van der Waals surface area contributed by atoms with Gasteiger partial charge in [0.25, 0.3) is 0 Å². The average Bonchev–Trinajstić information content (AvgIpc) is 2.62. The maximum absolute atomic E-state index is 13.1. The Balaban J connectivity index is 1.89. The van der Waals surface area contributed by atoms with Crippen molar-refractivity contribution in [1.82, 2.24) is 9.97 Å². The van der Waals surface area contributed by atoms with Crippen LogP contribution in [0, 0.1) is 0 Å². The third-order valence-corrected chi connectivity index (χ3v) is 3.63. The van der Waals surface area contributed by atoms with E-state index in [4.69, 9.17) is 0 Å². The maximum atomic E-state index is 13.1. The second kappa shape index (κ2) is 6.80. The molecule has 0 bridgehead atoms. The second-order valence-corrected chi connectivity index (χ2v) is 5.32. The van der Waals surface area contributed by atoms with Gasteiger partial charge >= 0.3 is 6.18 Å². The highest BCUT2D eigenvalue weighted by Crippen LogP contribution is 2.35. The standard InChI is InChI=1S/C18H15F3N4/c1-25(13-7-3-2-4-8-13)17-11-16(22-12-23-17)24-15-10-6-5-9-14(15)18(19,20)21/h2-12H,1H3,(H,22,23,24). The summed E-state index contributed by atoms with van der Waals surface area (Å²) in [6, 6.07) is 16.4. The van der Waals surface area contributed by atoms with Crippen LogP contribution in [0.2, 0.25) is 0 Å². The predicted octanol–water partition coefficient (Wildman–Crippen LogP) is 5.01. The number of nitrogens with one attached hydrogen (secondary N) is 1. The van der Waals surface area contributed by atoms with Crippen molar-refractivity contribution in [2.75, 3.05) is 17.3 Å². The van der Waals surface area contributed by atoms with Crippen molar-refractivity contribution in [3.63, 3.8) is 0 Å². The number of para-hydroxylation sites is 2. The van der Waals surface area contributed by atoms with Crippen LogP contribution in [0.5, 0.6) is 0 Å². The van der Waals surface area contributed by atoms with E-state index in [0.29, 0.717) is 5.82 Å². The molecule has 0 amide bonds. The van der Waals surface area contributed by atoms with Crippen molar-refractivity contribution in [3.8, 4) is 0 Å². The molecule has 0 aliphatic carbocycles. The molecule has 0 fully saturated rings. The molecule has 7 heteroatoms. The van der Waals surface area contributed by atoms with Gasteiger partial charge in [-0.05, 0) is 24.3 Å². The molecule has 1 aromatic heterocycles. The Morgan fingerprint density at radius 3 is 2.32 bits per heavy atom. The monoisotopic (exact) mass is 344 g/mol.